The normalized spacial score (nSPS) is 16.8. The number of anilines is 2. The molecular formula is C25H30N6O4S. The number of rotatable bonds is 6. The molecule has 2 aromatic heterocycles. The van der Waals surface area contributed by atoms with E-state index in [4.69, 9.17) is 4.74 Å². The van der Waals surface area contributed by atoms with E-state index in [1.807, 2.05) is 11.0 Å². The first kappa shape index (κ1) is 24.2. The number of ether oxygens (including phenoxy) is 1. The van der Waals surface area contributed by atoms with Crippen LogP contribution in [0.25, 0.3) is 10.3 Å². The molecule has 2 fully saturated rings. The molecule has 0 aliphatic carbocycles. The fourth-order valence-electron chi connectivity index (χ4n) is 4.87. The molecule has 2 amide bonds. The second-order valence-electron chi connectivity index (χ2n) is 9.22. The second kappa shape index (κ2) is 10.7. The maximum atomic E-state index is 13.1. The third-order valence-corrected chi connectivity index (χ3v) is 7.94. The largest absolute Gasteiger partial charge is 0.495 e. The highest BCUT2D eigenvalue weighted by molar-refractivity contribution is 7.22. The molecule has 3 aromatic rings. The SMILES string of the molecule is COc1ccccc1NC(=O)Cn1cnc2nc(N3CCC(C(=O)N4CCCCC4)CC3)sc2c1=O. The van der Waals surface area contributed by atoms with E-state index in [2.05, 4.69) is 20.2 Å². The predicted molar refractivity (Wildman–Crippen MR) is 139 cm³/mol. The Hall–Kier alpha value is -3.47. The summed E-state index contributed by atoms with van der Waals surface area (Å²) < 4.78 is 6.97. The number of carbonyl (C=O) groups is 2. The zero-order valence-electron chi connectivity index (χ0n) is 20.3. The molecule has 2 aliphatic rings. The van der Waals surface area contributed by atoms with Crippen LogP contribution in [0.4, 0.5) is 10.8 Å². The van der Waals surface area contributed by atoms with Gasteiger partial charge in [-0.05, 0) is 44.2 Å². The smallest absolute Gasteiger partial charge is 0.273 e. The van der Waals surface area contributed by atoms with E-state index in [-0.39, 0.29) is 29.8 Å². The number of likely N-dealkylation sites (tertiary alicyclic amines) is 1. The molecule has 0 saturated carbocycles. The van der Waals surface area contributed by atoms with Crippen LogP contribution < -0.4 is 20.5 Å². The van der Waals surface area contributed by atoms with E-state index in [9.17, 15) is 14.4 Å². The van der Waals surface area contributed by atoms with Gasteiger partial charge in [-0.25, -0.2) is 4.98 Å². The lowest BCUT2D eigenvalue weighted by Gasteiger charge is -2.35. The van der Waals surface area contributed by atoms with Crippen LogP contribution in [-0.2, 0) is 16.1 Å². The van der Waals surface area contributed by atoms with Crippen molar-refractivity contribution in [2.75, 3.05) is 43.5 Å². The van der Waals surface area contributed by atoms with E-state index in [0.29, 0.717) is 21.8 Å². The van der Waals surface area contributed by atoms with Crippen molar-refractivity contribution in [3.63, 3.8) is 0 Å². The molecule has 190 valence electrons. The molecule has 11 heteroatoms. The third-order valence-electron chi connectivity index (χ3n) is 6.85. The summed E-state index contributed by atoms with van der Waals surface area (Å²) in [6, 6.07) is 7.09. The van der Waals surface area contributed by atoms with Gasteiger partial charge in [0.1, 0.15) is 23.3 Å². The maximum absolute atomic E-state index is 13.1. The Morgan fingerprint density at radius 3 is 2.61 bits per heavy atom. The molecule has 36 heavy (non-hydrogen) atoms. The Kier molecular flexibility index (Phi) is 7.17. The minimum Gasteiger partial charge on any atom is -0.495 e. The van der Waals surface area contributed by atoms with Crippen LogP contribution in [0, 0.1) is 5.92 Å². The van der Waals surface area contributed by atoms with Crippen molar-refractivity contribution in [1.29, 1.82) is 0 Å². The molecular weight excluding hydrogens is 480 g/mol. The van der Waals surface area contributed by atoms with Gasteiger partial charge in [0.2, 0.25) is 11.8 Å². The van der Waals surface area contributed by atoms with Gasteiger partial charge in [-0.15, -0.1) is 0 Å². The summed E-state index contributed by atoms with van der Waals surface area (Å²) in [6.07, 6.45) is 6.34. The summed E-state index contributed by atoms with van der Waals surface area (Å²) >= 11 is 1.29. The molecule has 0 bridgehead atoms. The first-order valence-corrected chi connectivity index (χ1v) is 13.2. The second-order valence-corrected chi connectivity index (χ2v) is 10.2. The first-order chi connectivity index (χ1) is 17.5. The number of methoxy groups -OCH3 is 1. The number of amides is 2. The van der Waals surface area contributed by atoms with E-state index >= 15 is 0 Å². The summed E-state index contributed by atoms with van der Waals surface area (Å²) in [7, 11) is 1.53. The monoisotopic (exact) mass is 510 g/mol. The van der Waals surface area contributed by atoms with Crippen molar-refractivity contribution >= 4 is 44.3 Å². The number of nitrogens with zero attached hydrogens (tertiary/aromatic N) is 5. The van der Waals surface area contributed by atoms with Crippen LogP contribution in [-0.4, -0.2) is 64.5 Å². The lowest BCUT2D eigenvalue weighted by Crippen LogP contribution is -2.44. The zero-order chi connectivity index (χ0) is 25.1. The molecule has 4 heterocycles. The van der Waals surface area contributed by atoms with E-state index in [1.165, 1.54) is 35.8 Å². The van der Waals surface area contributed by atoms with E-state index in [1.54, 1.807) is 18.2 Å². The van der Waals surface area contributed by atoms with Gasteiger partial charge >= 0.3 is 0 Å². The fraction of sp³-hybridized carbons (Fsp3) is 0.480. The van der Waals surface area contributed by atoms with Crippen LogP contribution in [0.1, 0.15) is 32.1 Å². The zero-order valence-corrected chi connectivity index (χ0v) is 21.1. The molecule has 10 nitrogen and oxygen atoms in total. The number of thiazole rings is 1. The minimum absolute atomic E-state index is 0.0610. The summed E-state index contributed by atoms with van der Waals surface area (Å²) in [5.74, 6) is 0.536. The van der Waals surface area contributed by atoms with Gasteiger partial charge in [0.05, 0.1) is 12.8 Å². The van der Waals surface area contributed by atoms with Gasteiger partial charge in [-0.2, -0.15) is 4.98 Å². The van der Waals surface area contributed by atoms with E-state index in [0.717, 1.165) is 57.0 Å². The van der Waals surface area contributed by atoms with Crippen LogP contribution in [0.3, 0.4) is 0 Å². The van der Waals surface area contributed by atoms with Crippen molar-refractivity contribution in [3.8, 4) is 5.75 Å². The van der Waals surface area contributed by atoms with Crippen LogP contribution in [0.5, 0.6) is 5.75 Å². The number of carbonyl (C=O) groups excluding carboxylic acids is 2. The van der Waals surface area contributed by atoms with Crippen molar-refractivity contribution < 1.29 is 14.3 Å². The van der Waals surface area contributed by atoms with E-state index < -0.39 is 0 Å². The highest BCUT2D eigenvalue weighted by atomic mass is 32.1. The Morgan fingerprint density at radius 1 is 1.11 bits per heavy atom. The average molecular weight is 511 g/mol. The number of benzene rings is 1. The maximum Gasteiger partial charge on any atom is 0.273 e. The standard InChI is InChI=1S/C25H30N6O4S/c1-35-19-8-4-3-7-18(19)27-20(32)15-31-16-26-22-21(24(31)34)36-25(28-22)30-13-9-17(10-14-30)23(33)29-11-5-2-6-12-29/h3-4,7-8,16-17H,2,5-6,9-15H2,1H3,(H,27,32). The van der Waals surface area contributed by atoms with Crippen molar-refractivity contribution in [3.05, 3.63) is 40.9 Å². The number of piperidine rings is 2. The first-order valence-electron chi connectivity index (χ1n) is 12.4. The Bertz CT molecular complexity index is 1310. The molecule has 0 atom stereocenters. The number of aromatic nitrogens is 3. The van der Waals surface area contributed by atoms with Gasteiger partial charge in [0.15, 0.2) is 10.8 Å². The lowest BCUT2D eigenvalue weighted by molar-refractivity contribution is -0.137. The Labute approximate surface area is 212 Å². The third kappa shape index (κ3) is 5.06. The fourth-order valence-corrected chi connectivity index (χ4v) is 5.89. The summed E-state index contributed by atoms with van der Waals surface area (Å²) in [4.78, 5) is 51.6. The number of para-hydroxylation sites is 2. The molecule has 5 rings (SSSR count). The van der Waals surface area contributed by atoms with Crippen LogP contribution in [0.15, 0.2) is 35.4 Å². The highest BCUT2D eigenvalue weighted by Gasteiger charge is 2.30. The van der Waals surface area contributed by atoms with Crippen molar-refractivity contribution in [2.24, 2.45) is 5.92 Å². The number of hydrogen-bond acceptors (Lipinski definition) is 8. The summed E-state index contributed by atoms with van der Waals surface area (Å²) in [6.45, 7) is 3.04. The predicted octanol–water partition coefficient (Wildman–Crippen LogP) is 2.73. The molecule has 1 aromatic carbocycles. The molecule has 0 radical (unpaired) electrons. The van der Waals surface area contributed by atoms with Crippen molar-refractivity contribution in [2.45, 2.75) is 38.6 Å². The molecule has 2 aliphatic heterocycles. The summed E-state index contributed by atoms with van der Waals surface area (Å²) in [5, 5.41) is 3.51. The van der Waals surface area contributed by atoms with Crippen LogP contribution >= 0.6 is 11.3 Å². The Balaban J connectivity index is 1.24. The van der Waals surface area contributed by atoms with Gasteiger partial charge in [0.25, 0.3) is 5.56 Å². The molecule has 0 spiro atoms. The number of hydrogen-bond donors (Lipinski definition) is 1. The quantitative estimate of drug-likeness (QED) is 0.543. The highest BCUT2D eigenvalue weighted by Crippen LogP contribution is 2.30. The minimum atomic E-state index is -0.354. The lowest BCUT2D eigenvalue weighted by atomic mass is 9.94. The van der Waals surface area contributed by atoms with Gasteiger partial charge < -0.3 is 19.9 Å². The average Bonchev–Trinajstić information content (AvgIpc) is 3.36. The Morgan fingerprint density at radius 2 is 1.86 bits per heavy atom. The number of nitrogens with one attached hydrogen (secondary N) is 1. The topological polar surface area (TPSA) is 110 Å². The number of fused-ring (bicyclic) bond motifs is 1. The van der Waals surface area contributed by atoms with Crippen molar-refractivity contribution in [1.82, 2.24) is 19.4 Å². The molecule has 0 unspecified atom stereocenters. The molecule has 2 saturated heterocycles. The summed E-state index contributed by atoms with van der Waals surface area (Å²) in [5.41, 5.74) is 0.622. The van der Waals surface area contributed by atoms with Gasteiger partial charge in [0, 0.05) is 32.1 Å². The van der Waals surface area contributed by atoms with Gasteiger partial charge in [-0.1, -0.05) is 23.5 Å². The van der Waals surface area contributed by atoms with Gasteiger partial charge in [-0.3, -0.25) is 19.0 Å². The van der Waals surface area contributed by atoms with Crippen LogP contribution in [0.2, 0.25) is 0 Å². The molecule has 1 N–H and O–H groups in total.